The maximum Gasteiger partial charge on any atom is 0.0280 e. The van der Waals surface area contributed by atoms with Gasteiger partial charge in [-0.2, -0.15) is 0 Å². The van der Waals surface area contributed by atoms with E-state index in [1.54, 1.807) is 0 Å². The molecule has 0 nitrogen and oxygen atoms in total. The van der Waals surface area contributed by atoms with Crippen molar-refractivity contribution in [2.45, 2.75) is 191 Å². The molecule has 0 aromatic carbocycles. The van der Waals surface area contributed by atoms with Crippen LogP contribution in [0.15, 0.2) is 0 Å². The zero-order valence-corrected chi connectivity index (χ0v) is 45.6. The Hall–Kier alpha value is 3.26. The van der Waals surface area contributed by atoms with Crippen molar-refractivity contribution in [1.82, 2.24) is 0 Å². The molecule has 0 aliphatic heterocycles. The summed E-state index contributed by atoms with van der Waals surface area (Å²) in [6.45, 7) is 60.0. The molecule has 0 aliphatic rings. The van der Waals surface area contributed by atoms with Crippen LogP contribution in [0.25, 0.3) is 0 Å². The third-order valence-electron chi connectivity index (χ3n) is 5.60. The SMILES string of the molecule is C[C](C)(C)[SnH][C](C)(C)C.C[C](C)(C)[SnH][C](C)(C)C.C[C](C)(C)[SnH][C](C)(C)C.C[Si](C)[Si](C)([Si](C)C)[Si](C)C. The zero-order valence-electron chi connectivity index (χ0n) is 31.7. The topological polar surface area (TPSA) is 0 Å². The van der Waals surface area contributed by atoms with Gasteiger partial charge in [-0.15, -0.1) is 0 Å². The standard InChI is InChI=1S/C7H21Si4.6C4H9.3Sn.3H/c1-8(2)11(7,9(3)4)10(5)6;6*1-4(2)3;;;;;;/h1-7H3;6*1-3H3;;;;;;. The van der Waals surface area contributed by atoms with Gasteiger partial charge in [0, 0.05) is 31.6 Å². The second-order valence-electron chi connectivity index (χ2n) is 18.8. The fraction of sp³-hybridized carbons (Fsp3) is 1.00. The van der Waals surface area contributed by atoms with Crippen molar-refractivity contribution in [2.24, 2.45) is 0 Å². The first-order valence-electron chi connectivity index (χ1n) is 15.0. The first-order valence-corrected chi connectivity index (χ1v) is 37.9. The average Bonchev–Trinajstić information content (AvgIpc) is 2.43. The van der Waals surface area contributed by atoms with Gasteiger partial charge in [0.15, 0.2) is 0 Å². The summed E-state index contributed by atoms with van der Waals surface area (Å²) in [7, 11) is 0.177. The van der Waals surface area contributed by atoms with E-state index in [0.717, 1.165) is 0 Å². The summed E-state index contributed by atoms with van der Waals surface area (Å²) in [6.07, 6.45) is 0. The summed E-state index contributed by atoms with van der Waals surface area (Å²) in [5.41, 5.74) is 0. The first kappa shape index (κ1) is 48.2. The quantitative estimate of drug-likeness (QED) is 0.248. The van der Waals surface area contributed by atoms with E-state index >= 15 is 0 Å². The largest absolute Gasteiger partial charge is 0.0752 e. The van der Waals surface area contributed by atoms with E-state index in [2.05, 4.69) is 170 Å². The Kier molecular flexibility index (Phi) is 24.0. The monoisotopic (exact) mass is 922 g/mol. The number of rotatable bonds is 3. The van der Waals surface area contributed by atoms with E-state index < -0.39 is 6.63 Å². The maximum absolute atomic E-state index is 2.68. The van der Waals surface area contributed by atoms with Gasteiger partial charge in [0.25, 0.3) is 0 Å². The summed E-state index contributed by atoms with van der Waals surface area (Å²) in [4.78, 5) is 0. The van der Waals surface area contributed by atoms with Crippen molar-refractivity contribution in [3.8, 4) is 0 Å². The number of hydrogen-bond acceptors (Lipinski definition) is 0. The second kappa shape index (κ2) is 18.9. The molecule has 6 radical (unpaired) electrons. The molecule has 230 valence electrons. The van der Waals surface area contributed by atoms with Gasteiger partial charge in [-0.25, -0.2) is 0 Å². The van der Waals surface area contributed by atoms with Gasteiger partial charge in [-0.1, -0.05) is 45.8 Å². The molecule has 0 heterocycles. The van der Waals surface area contributed by atoms with Crippen LogP contribution < -0.4 is 0 Å². The van der Waals surface area contributed by atoms with Crippen LogP contribution in [-0.2, 0) is 0 Å². The van der Waals surface area contributed by atoms with E-state index in [0.29, 0.717) is 20.6 Å². The molecule has 0 saturated carbocycles. The summed E-state index contributed by atoms with van der Waals surface area (Å²) in [5.74, 6) is 0. The molecular formula is C31H78Si4Sn3. The molecule has 0 aliphatic carbocycles. The minimum absolute atomic E-state index is 0.0589. The van der Waals surface area contributed by atoms with Gasteiger partial charge in [0.05, 0.1) is 0 Å². The van der Waals surface area contributed by atoms with Crippen LogP contribution in [0.4, 0.5) is 0 Å². The predicted molar refractivity (Wildman–Crippen MR) is 204 cm³/mol. The zero-order chi connectivity index (χ0) is 32.4. The molecule has 0 rings (SSSR count). The van der Waals surface area contributed by atoms with Gasteiger partial charge in [-0.05, 0) is 0 Å². The minimum atomic E-state index is -0.676. The van der Waals surface area contributed by atoms with Crippen molar-refractivity contribution in [3.05, 3.63) is 0 Å². The number of hydrogen-bond donors (Lipinski definition) is 0. The van der Waals surface area contributed by atoms with Crippen LogP contribution in [0, 0.1) is 0 Å². The Labute approximate surface area is 282 Å². The Morgan fingerprint density at radius 1 is 0.316 bits per heavy atom. The van der Waals surface area contributed by atoms with Crippen molar-refractivity contribution >= 4 is 95.0 Å². The minimum Gasteiger partial charge on any atom is -0.0752 e. The molecule has 0 unspecified atom stereocenters. The Morgan fingerprint density at radius 2 is 0.421 bits per heavy atom. The van der Waals surface area contributed by atoms with Crippen LogP contribution in [-0.4, -0.2) is 95.0 Å². The van der Waals surface area contributed by atoms with Gasteiger partial charge >= 0.3 is 209 Å². The molecule has 7 heteroatoms. The van der Waals surface area contributed by atoms with E-state index in [4.69, 9.17) is 0 Å². The molecule has 0 spiro atoms. The fourth-order valence-electron chi connectivity index (χ4n) is 5.40. The van der Waals surface area contributed by atoms with Gasteiger partial charge in [-0.3, -0.25) is 0 Å². The normalized spacial score (nSPS) is 13.9. The molecule has 0 atom stereocenters. The molecule has 0 amide bonds. The molecule has 0 aromatic heterocycles. The summed E-state index contributed by atoms with van der Waals surface area (Å²) in [6, 6.07) is 0. The van der Waals surface area contributed by atoms with Crippen LogP contribution >= 0.6 is 0 Å². The molecule has 38 heavy (non-hydrogen) atoms. The third-order valence-corrected chi connectivity index (χ3v) is 71.4. The van der Waals surface area contributed by atoms with Crippen LogP contribution in [0.1, 0.15) is 125 Å². The summed E-state index contributed by atoms with van der Waals surface area (Å²) >= 11 is -1.07. The summed E-state index contributed by atoms with van der Waals surface area (Å²) in [5, 5.41) is 0. The molecule has 0 N–H and O–H groups in total. The second-order valence-corrected chi connectivity index (χ2v) is 81.6. The van der Waals surface area contributed by atoms with Crippen molar-refractivity contribution in [3.63, 3.8) is 0 Å². The van der Waals surface area contributed by atoms with E-state index in [1.165, 1.54) is 0 Å². The van der Waals surface area contributed by atoms with Crippen molar-refractivity contribution < 1.29 is 0 Å². The van der Waals surface area contributed by atoms with Gasteiger partial charge in [0.2, 0.25) is 0 Å². The van der Waals surface area contributed by atoms with Crippen LogP contribution in [0.5, 0.6) is 0 Å². The van der Waals surface area contributed by atoms with Crippen molar-refractivity contribution in [1.29, 1.82) is 0 Å². The molecule has 0 aromatic rings. The average molecular weight is 919 g/mol. The van der Waals surface area contributed by atoms with Crippen LogP contribution in [0.3, 0.4) is 0 Å². The van der Waals surface area contributed by atoms with Gasteiger partial charge in [0.1, 0.15) is 0 Å². The van der Waals surface area contributed by atoms with E-state index in [1.807, 2.05) is 0 Å². The molecular weight excluding hydrogens is 841 g/mol. The Balaban J connectivity index is -0.000000204. The maximum atomic E-state index is 2.68. The smallest absolute Gasteiger partial charge is 0.0280 e. The fourth-order valence-corrected chi connectivity index (χ4v) is 66.6. The predicted octanol–water partition coefficient (Wildman–Crippen LogP) is 11.1. The Bertz CT molecular complexity index is 470. The first-order chi connectivity index (χ1) is 16.0. The van der Waals surface area contributed by atoms with E-state index in [-0.39, 0.29) is 88.4 Å². The molecule has 0 saturated heterocycles. The molecule has 0 bridgehead atoms. The van der Waals surface area contributed by atoms with Crippen molar-refractivity contribution in [2.75, 3.05) is 0 Å². The summed E-state index contributed by atoms with van der Waals surface area (Å²) < 4.78 is 4.05. The third kappa shape index (κ3) is 37.3. The van der Waals surface area contributed by atoms with E-state index in [9.17, 15) is 0 Å². The Morgan fingerprint density at radius 3 is 0.421 bits per heavy atom. The van der Waals surface area contributed by atoms with Gasteiger partial charge < -0.3 is 0 Å². The molecule has 0 fully saturated rings. The van der Waals surface area contributed by atoms with Crippen LogP contribution in [0.2, 0.25) is 66.4 Å².